The Morgan fingerprint density at radius 1 is 0.513 bits per heavy atom. The lowest BCUT2D eigenvalue weighted by molar-refractivity contribution is -0.143. The van der Waals surface area contributed by atoms with Crippen LogP contribution in [0.1, 0.15) is 376 Å². The molecule has 17 nitrogen and oxygen atoms in total. The quantitative estimate of drug-likeness (QED) is 0.144. The standard InChI is InChI=1S/C11H24N2.C11H21NO.C11H21N.C11H20O2.C10H21N.C9H18O2.C9H16O.2C9H18O.C6H12N4/c1-11(2,3)5-6-13-9-7-12(4)8-10-13;1-11(2,3)6-8-12-7-4-5-10(13)9-12;1-11(2,3)10-8-12-6-4-9(10)5-7-12;1-11(2,3)9-6-4-8(5-7-9)10(12)13;1-10(2,3)9-5-7-11(4)8-6-9;1-7(10)5-8(11)6-9(2,3)4;1-7(10)9(5-6-9)8(2,3)4;1-9(2,3)7-5-4-6-8(7)10;1-8(10)6-5-7-9(2,3)4;1-6(2,3)4-5-7-9-10-8-5/h5-10H2,1-4H3;4-9H2,1-3H3;9-10H,4-8H2,1-3H3;8-9H,4-7H2,1-3H3,(H,12,13);9H,5-8H2,1-4H3;8,11H,5-6H2,1-4H3;5-6H2,1-4H3;7-8,10H,4-6H2,1-3H3;5-7H2,1-4H3;4H2,1-3H3,(H,7,8,9,10). The third kappa shape index (κ3) is 53.3. The molecule has 1 aromatic rings. The van der Waals surface area contributed by atoms with Crippen LogP contribution in [0.4, 0.5) is 0 Å². The molecule has 3 aliphatic carbocycles. The van der Waals surface area contributed by atoms with E-state index in [2.05, 4.69) is 267 Å². The number of aliphatic hydroxyl groups is 2. The van der Waals surface area contributed by atoms with Crippen LogP contribution in [-0.4, -0.2) is 201 Å². The second kappa shape index (κ2) is 49.6. The summed E-state index contributed by atoms with van der Waals surface area (Å²) < 4.78 is 0. The van der Waals surface area contributed by atoms with Crippen molar-refractivity contribution in [3.8, 4) is 0 Å². The summed E-state index contributed by atoms with van der Waals surface area (Å²) >= 11 is 0. The lowest BCUT2D eigenvalue weighted by atomic mass is 9.67. The summed E-state index contributed by atoms with van der Waals surface area (Å²) in [5.74, 6) is 5.45. The number of tetrazole rings is 1. The van der Waals surface area contributed by atoms with E-state index in [0.717, 1.165) is 120 Å². The van der Waals surface area contributed by atoms with Gasteiger partial charge in [0.25, 0.3) is 0 Å². The van der Waals surface area contributed by atoms with Gasteiger partial charge in [-0.2, -0.15) is 5.21 Å². The molecule has 0 amide bonds. The van der Waals surface area contributed by atoms with E-state index in [1.165, 1.54) is 124 Å². The molecule has 6 aliphatic heterocycles. The highest BCUT2D eigenvalue weighted by Gasteiger charge is 2.55. The Morgan fingerprint density at radius 3 is 1.29 bits per heavy atom. The number of piperazine rings is 1. The smallest absolute Gasteiger partial charge is 0.306 e. The first-order chi connectivity index (χ1) is 51.1. The summed E-state index contributed by atoms with van der Waals surface area (Å²) in [5, 5.41) is 41.3. The van der Waals surface area contributed by atoms with Crippen LogP contribution in [-0.2, 0) is 30.4 Å². The molecule has 0 spiro atoms. The third-order valence-electron chi connectivity index (χ3n) is 24.7. The van der Waals surface area contributed by atoms with Gasteiger partial charge in [-0.3, -0.25) is 24.1 Å². The van der Waals surface area contributed by atoms with Gasteiger partial charge in [0.05, 0.1) is 24.7 Å². The Labute approximate surface area is 698 Å². The fourth-order valence-corrected chi connectivity index (χ4v) is 16.6. The molecule has 0 radical (unpaired) electrons. The second-order valence-corrected chi connectivity index (χ2v) is 47.4. The maximum atomic E-state index is 11.2. The van der Waals surface area contributed by atoms with Gasteiger partial charge in [0.2, 0.25) is 0 Å². The number of Topliss-reactive ketones (excluding diaryl/α,β-unsaturated/α-hetero) is 4. The topological polar surface area (TPSA) is 217 Å². The molecule has 4 unspecified atom stereocenters. The van der Waals surface area contributed by atoms with Crippen molar-refractivity contribution in [2.24, 2.45) is 95.1 Å². The van der Waals surface area contributed by atoms with Crippen LogP contribution in [0, 0.1) is 95.1 Å². The van der Waals surface area contributed by atoms with E-state index < -0.39 is 12.1 Å². The highest BCUT2D eigenvalue weighted by molar-refractivity contribution is 5.86. The van der Waals surface area contributed by atoms with Crippen molar-refractivity contribution in [2.75, 3.05) is 99.2 Å². The van der Waals surface area contributed by atoms with E-state index >= 15 is 0 Å². The van der Waals surface area contributed by atoms with Gasteiger partial charge in [-0.1, -0.05) is 219 Å². The zero-order valence-corrected chi connectivity index (χ0v) is 81.0. The maximum absolute atomic E-state index is 11.2. The Balaban J connectivity index is 0.00000124. The Bertz CT molecular complexity index is 2730. The van der Waals surface area contributed by atoms with Gasteiger partial charge in [0.15, 0.2) is 5.82 Å². The van der Waals surface area contributed by atoms with Gasteiger partial charge in [0, 0.05) is 63.8 Å². The van der Waals surface area contributed by atoms with Crippen LogP contribution in [0.5, 0.6) is 0 Å². The largest absolute Gasteiger partial charge is 0.481 e. The summed E-state index contributed by atoms with van der Waals surface area (Å²) in [6.45, 7) is 87.8. The number of nitrogens with zero attached hydrogens (tertiary/aromatic N) is 8. The number of nitrogens with one attached hydrogen (secondary N) is 1. The van der Waals surface area contributed by atoms with Gasteiger partial charge in [0.1, 0.15) is 23.1 Å². The van der Waals surface area contributed by atoms with Crippen molar-refractivity contribution in [1.29, 1.82) is 0 Å². The summed E-state index contributed by atoms with van der Waals surface area (Å²) in [7, 11) is 4.43. The molecular formula is C96H189N9O8. The molecule has 4 atom stereocenters. The van der Waals surface area contributed by atoms with Crippen molar-refractivity contribution >= 4 is 29.1 Å². The average molecular weight is 1600 g/mol. The molecule has 7 heterocycles. The number of ketones is 4. The molecule has 6 saturated heterocycles. The number of carbonyl (C=O) groups is 5. The molecule has 9 fully saturated rings. The fourth-order valence-electron chi connectivity index (χ4n) is 16.6. The lowest BCUT2D eigenvalue weighted by Gasteiger charge is -2.50. The normalized spacial score (nSPS) is 23.7. The molecule has 0 aromatic carbocycles. The number of fused-ring (bicyclic) bond motifs is 3. The zero-order chi connectivity index (χ0) is 87.8. The number of carbonyl (C=O) groups excluding carboxylic acids is 4. The monoisotopic (exact) mass is 1600 g/mol. The number of carboxylic acid groups (broad SMARTS) is 1. The zero-order valence-electron chi connectivity index (χ0n) is 81.0. The van der Waals surface area contributed by atoms with Crippen LogP contribution in [0.2, 0.25) is 0 Å². The number of likely N-dealkylation sites (N-methyl/N-ethyl adjacent to an activating group) is 1. The number of aliphatic hydroxyl groups excluding tert-OH is 2. The molecule has 3 saturated carbocycles. The first-order valence-corrected chi connectivity index (χ1v) is 45.0. The van der Waals surface area contributed by atoms with Crippen molar-refractivity contribution in [3.05, 3.63) is 5.82 Å². The lowest BCUT2D eigenvalue weighted by Crippen LogP contribution is -2.51. The van der Waals surface area contributed by atoms with E-state index in [4.69, 9.17) is 5.11 Å². The number of piperidine rings is 5. The van der Waals surface area contributed by atoms with Gasteiger partial charge >= 0.3 is 5.97 Å². The van der Waals surface area contributed by atoms with Crippen molar-refractivity contribution in [3.63, 3.8) is 0 Å². The third-order valence-corrected chi connectivity index (χ3v) is 24.7. The summed E-state index contributed by atoms with van der Waals surface area (Å²) in [6.07, 6.45) is 23.9. The predicted molar refractivity (Wildman–Crippen MR) is 478 cm³/mol. The van der Waals surface area contributed by atoms with E-state index in [0.29, 0.717) is 80.1 Å². The number of likely N-dealkylation sites (tertiary alicyclic amines) is 2. The van der Waals surface area contributed by atoms with Crippen LogP contribution >= 0.6 is 0 Å². The number of carboxylic acids is 1. The first kappa shape index (κ1) is 110. The summed E-state index contributed by atoms with van der Waals surface area (Å²) in [4.78, 5) is 66.5. The number of rotatable bonds is 13. The molecule has 666 valence electrons. The average Bonchev–Trinajstić information content (AvgIpc) is 1.60. The van der Waals surface area contributed by atoms with Crippen molar-refractivity contribution in [1.82, 2.24) is 45.1 Å². The van der Waals surface area contributed by atoms with Gasteiger partial charge < -0.3 is 39.7 Å². The van der Waals surface area contributed by atoms with Crippen LogP contribution in [0.3, 0.4) is 0 Å². The minimum atomic E-state index is -0.604. The fraction of sp³-hybridized carbons (Fsp3) is 0.938. The molecule has 2 bridgehead atoms. The number of H-pyrrole nitrogens is 1. The second-order valence-electron chi connectivity index (χ2n) is 47.4. The maximum Gasteiger partial charge on any atom is 0.306 e. The number of aromatic amines is 1. The minimum absolute atomic E-state index is 0.0278. The van der Waals surface area contributed by atoms with Crippen LogP contribution in [0.25, 0.3) is 0 Å². The molecule has 9 aliphatic rings. The Hall–Kier alpha value is -3.06. The molecule has 17 heteroatoms. The number of hydrogen-bond donors (Lipinski definition) is 4. The SMILES string of the molecule is CC(=O)C1(C(C)(C)C)CC1.CC(=O)CC(O)CC(C)(C)C.CC(=O)CCCC(C)(C)C.CC(C)(C)C1CCC(C(=O)O)CC1.CC(C)(C)C1CCCC1O.CC(C)(C)C1CN2CCC1CC2.CC(C)(C)CCN1CCCC(=O)C1.CC(C)(C)Cc1nn[nH]n1.CN1CCC(C(C)(C)C)CC1.CN1CCN(CCC(C)(C)C)CC1. The predicted octanol–water partition coefficient (Wildman–Crippen LogP) is 21.4. The minimum Gasteiger partial charge on any atom is -0.481 e. The number of aliphatic carboxylic acids is 1. The van der Waals surface area contributed by atoms with E-state index in [1.54, 1.807) is 13.8 Å². The highest BCUT2D eigenvalue weighted by atomic mass is 16.4. The van der Waals surface area contributed by atoms with E-state index in [-0.39, 0.29) is 45.9 Å². The van der Waals surface area contributed by atoms with Gasteiger partial charge in [-0.15, -0.1) is 10.2 Å². The highest BCUT2D eigenvalue weighted by Crippen LogP contribution is 2.59. The molecule has 1 aromatic heterocycles. The number of hydrogen-bond acceptors (Lipinski definition) is 15. The summed E-state index contributed by atoms with van der Waals surface area (Å²) in [6, 6.07) is 0. The Morgan fingerprint density at radius 2 is 0.982 bits per heavy atom. The van der Waals surface area contributed by atoms with E-state index in [9.17, 15) is 34.2 Å². The van der Waals surface area contributed by atoms with Crippen LogP contribution in [0.15, 0.2) is 0 Å². The van der Waals surface area contributed by atoms with Crippen molar-refractivity contribution in [2.45, 2.75) is 388 Å². The van der Waals surface area contributed by atoms with Gasteiger partial charge in [-0.05, 0) is 280 Å². The Kier molecular flexibility index (Phi) is 48.3. The summed E-state index contributed by atoms with van der Waals surface area (Å²) in [5.41, 5.74) is 3.55. The molecule has 113 heavy (non-hydrogen) atoms. The van der Waals surface area contributed by atoms with Crippen molar-refractivity contribution < 1.29 is 39.3 Å². The first-order valence-electron chi connectivity index (χ1n) is 45.0. The van der Waals surface area contributed by atoms with Crippen LogP contribution < -0.4 is 0 Å². The molecule has 4 N–H and O–H groups in total. The molecular weight excluding hydrogens is 1410 g/mol. The van der Waals surface area contributed by atoms with E-state index in [1.807, 2.05) is 0 Å². The molecule has 10 rings (SSSR count). The number of aromatic nitrogens is 4. The van der Waals surface area contributed by atoms with Gasteiger partial charge in [-0.25, -0.2) is 0 Å².